The Bertz CT molecular complexity index is 1100. The maximum atomic E-state index is 12.7. The van der Waals surface area contributed by atoms with Crippen LogP contribution in [-0.4, -0.2) is 62.2 Å². The zero-order valence-electron chi connectivity index (χ0n) is 15.4. The van der Waals surface area contributed by atoms with E-state index in [0.717, 1.165) is 15.0 Å². The summed E-state index contributed by atoms with van der Waals surface area (Å²) in [7, 11) is -3.60. The first-order chi connectivity index (χ1) is 13.9. The average molecular weight is 453 g/mol. The zero-order valence-corrected chi connectivity index (χ0v) is 17.9. The van der Waals surface area contributed by atoms with Crippen molar-refractivity contribution >= 4 is 54.7 Å². The molecule has 1 fully saturated rings. The van der Waals surface area contributed by atoms with E-state index in [0.29, 0.717) is 45.0 Å². The van der Waals surface area contributed by atoms with Crippen molar-refractivity contribution < 1.29 is 18.3 Å². The van der Waals surface area contributed by atoms with E-state index in [-0.39, 0.29) is 4.21 Å². The van der Waals surface area contributed by atoms with Crippen LogP contribution in [0.2, 0.25) is 0 Å². The minimum absolute atomic E-state index is 0.261. The van der Waals surface area contributed by atoms with Crippen molar-refractivity contribution in [2.75, 3.05) is 37.6 Å². The number of nitrogens with zero attached hydrogens (tertiary/aromatic N) is 3. The Balaban J connectivity index is 1.52. The molecule has 154 valence electrons. The Morgan fingerprint density at radius 1 is 1.24 bits per heavy atom. The Kier molecular flexibility index (Phi) is 5.72. The average Bonchev–Trinajstić information content (AvgIpc) is 3.37. The van der Waals surface area contributed by atoms with Crippen LogP contribution in [0.3, 0.4) is 0 Å². The standard InChI is InChI=1S/C18H20N4O4S3/c23-18(24)22-9-7-21(8-10-22)17-14-12-16(28-15(14)4-5-19-17)29(25,26)20-6-3-13-2-1-11-27-13/h1-2,4-5,11-12,20H,3,6-10H2,(H,23,24). The number of aromatic nitrogens is 1. The molecule has 1 aliphatic rings. The highest BCUT2D eigenvalue weighted by Crippen LogP contribution is 2.34. The number of rotatable bonds is 6. The lowest BCUT2D eigenvalue weighted by Crippen LogP contribution is -2.48. The first kappa shape index (κ1) is 20.1. The van der Waals surface area contributed by atoms with E-state index in [1.54, 1.807) is 23.6 Å². The molecule has 3 aromatic heterocycles. The number of thiophene rings is 2. The Labute approximate surface area is 176 Å². The van der Waals surface area contributed by atoms with E-state index in [1.165, 1.54) is 16.2 Å². The fourth-order valence-electron chi connectivity index (χ4n) is 3.25. The van der Waals surface area contributed by atoms with Gasteiger partial charge in [0, 0.05) is 53.9 Å². The Morgan fingerprint density at radius 2 is 2.03 bits per heavy atom. The minimum Gasteiger partial charge on any atom is -0.465 e. The Morgan fingerprint density at radius 3 is 2.72 bits per heavy atom. The number of piperazine rings is 1. The highest BCUT2D eigenvalue weighted by atomic mass is 32.2. The summed E-state index contributed by atoms with van der Waals surface area (Å²) in [6.07, 6.45) is 1.40. The number of pyridine rings is 1. The Hall–Kier alpha value is -2.21. The summed E-state index contributed by atoms with van der Waals surface area (Å²) in [4.78, 5) is 20.1. The molecule has 0 bridgehead atoms. The van der Waals surface area contributed by atoms with Crippen molar-refractivity contribution in [3.05, 3.63) is 40.7 Å². The van der Waals surface area contributed by atoms with Gasteiger partial charge in [-0.05, 0) is 30.0 Å². The third-order valence-electron chi connectivity index (χ3n) is 4.76. The second kappa shape index (κ2) is 8.27. The van der Waals surface area contributed by atoms with Crippen LogP contribution < -0.4 is 9.62 Å². The summed E-state index contributed by atoms with van der Waals surface area (Å²) in [5.41, 5.74) is 0. The number of hydrogen-bond acceptors (Lipinski definition) is 7. The van der Waals surface area contributed by atoms with Gasteiger partial charge < -0.3 is 14.9 Å². The number of nitrogens with one attached hydrogen (secondary N) is 1. The number of carboxylic acid groups (broad SMARTS) is 1. The molecule has 4 rings (SSSR count). The number of carbonyl (C=O) groups is 1. The van der Waals surface area contributed by atoms with Gasteiger partial charge in [0.05, 0.1) is 0 Å². The van der Waals surface area contributed by atoms with Crippen molar-refractivity contribution in [2.45, 2.75) is 10.6 Å². The highest BCUT2D eigenvalue weighted by Gasteiger charge is 2.24. The summed E-state index contributed by atoms with van der Waals surface area (Å²) < 4.78 is 29.2. The van der Waals surface area contributed by atoms with Gasteiger partial charge in [-0.25, -0.2) is 22.9 Å². The van der Waals surface area contributed by atoms with Gasteiger partial charge in [-0.1, -0.05) is 6.07 Å². The predicted molar refractivity (Wildman–Crippen MR) is 115 cm³/mol. The van der Waals surface area contributed by atoms with Crippen molar-refractivity contribution in [1.82, 2.24) is 14.6 Å². The molecule has 11 heteroatoms. The van der Waals surface area contributed by atoms with Crippen LogP contribution in [0.25, 0.3) is 10.1 Å². The monoisotopic (exact) mass is 452 g/mol. The molecule has 0 radical (unpaired) electrons. The second-order valence-electron chi connectivity index (χ2n) is 6.60. The molecule has 0 aliphatic carbocycles. The van der Waals surface area contributed by atoms with Gasteiger partial charge in [0.1, 0.15) is 10.0 Å². The van der Waals surface area contributed by atoms with Crippen molar-refractivity contribution in [1.29, 1.82) is 0 Å². The van der Waals surface area contributed by atoms with Crippen LogP contribution in [0, 0.1) is 0 Å². The van der Waals surface area contributed by atoms with Gasteiger partial charge in [0.25, 0.3) is 0 Å². The van der Waals surface area contributed by atoms with E-state index < -0.39 is 16.1 Å². The van der Waals surface area contributed by atoms with Crippen LogP contribution in [0.1, 0.15) is 4.88 Å². The highest BCUT2D eigenvalue weighted by molar-refractivity contribution is 7.91. The molecule has 0 aromatic carbocycles. The molecule has 8 nitrogen and oxygen atoms in total. The van der Waals surface area contributed by atoms with Crippen LogP contribution in [0.5, 0.6) is 0 Å². The first-order valence-corrected chi connectivity index (χ1v) is 12.3. The lowest BCUT2D eigenvalue weighted by Gasteiger charge is -2.34. The number of sulfonamides is 1. The van der Waals surface area contributed by atoms with Gasteiger partial charge in [-0.2, -0.15) is 0 Å². The molecule has 1 amide bonds. The molecule has 0 saturated carbocycles. The third-order valence-corrected chi connectivity index (χ3v) is 8.73. The van der Waals surface area contributed by atoms with E-state index in [9.17, 15) is 13.2 Å². The third kappa shape index (κ3) is 4.37. The fraction of sp³-hybridized carbons (Fsp3) is 0.333. The quantitative estimate of drug-likeness (QED) is 0.596. The fourth-order valence-corrected chi connectivity index (χ4v) is 6.42. The first-order valence-electron chi connectivity index (χ1n) is 9.07. The molecule has 0 spiro atoms. The number of anilines is 1. The van der Waals surface area contributed by atoms with Crippen LogP contribution >= 0.6 is 22.7 Å². The van der Waals surface area contributed by atoms with Gasteiger partial charge in [-0.15, -0.1) is 22.7 Å². The summed E-state index contributed by atoms with van der Waals surface area (Å²) in [5.74, 6) is 0.698. The zero-order chi connectivity index (χ0) is 20.4. The molecule has 0 unspecified atom stereocenters. The maximum absolute atomic E-state index is 12.7. The van der Waals surface area contributed by atoms with Gasteiger partial charge in [0.15, 0.2) is 0 Å². The molecule has 1 saturated heterocycles. The van der Waals surface area contributed by atoms with Gasteiger partial charge in [0.2, 0.25) is 10.0 Å². The van der Waals surface area contributed by atoms with E-state index in [1.807, 2.05) is 28.5 Å². The summed E-state index contributed by atoms with van der Waals surface area (Å²) in [5, 5.41) is 11.9. The van der Waals surface area contributed by atoms with Crippen molar-refractivity contribution in [3.8, 4) is 0 Å². The van der Waals surface area contributed by atoms with Crippen molar-refractivity contribution in [2.24, 2.45) is 0 Å². The molecular weight excluding hydrogens is 432 g/mol. The summed E-state index contributed by atoms with van der Waals surface area (Å²) in [6.45, 7) is 2.18. The largest absolute Gasteiger partial charge is 0.465 e. The van der Waals surface area contributed by atoms with Crippen LogP contribution in [0.4, 0.5) is 10.6 Å². The summed E-state index contributed by atoms with van der Waals surface area (Å²) >= 11 is 2.82. The van der Waals surface area contributed by atoms with E-state index >= 15 is 0 Å². The molecular formula is C18H20N4O4S3. The van der Waals surface area contributed by atoms with Gasteiger partial charge >= 0.3 is 6.09 Å². The lowest BCUT2D eigenvalue weighted by atomic mass is 10.2. The lowest BCUT2D eigenvalue weighted by molar-refractivity contribution is 0.142. The number of hydrogen-bond donors (Lipinski definition) is 2. The second-order valence-corrected chi connectivity index (χ2v) is 10.7. The predicted octanol–water partition coefficient (Wildman–Crippen LogP) is 2.68. The van der Waals surface area contributed by atoms with E-state index in [2.05, 4.69) is 9.71 Å². The van der Waals surface area contributed by atoms with Crippen LogP contribution in [0.15, 0.2) is 40.1 Å². The molecule has 2 N–H and O–H groups in total. The molecule has 4 heterocycles. The molecule has 29 heavy (non-hydrogen) atoms. The molecule has 0 atom stereocenters. The number of amides is 1. The van der Waals surface area contributed by atoms with Crippen molar-refractivity contribution in [3.63, 3.8) is 0 Å². The number of fused-ring (bicyclic) bond motifs is 1. The minimum atomic E-state index is -3.60. The topological polar surface area (TPSA) is 103 Å². The maximum Gasteiger partial charge on any atom is 0.407 e. The SMILES string of the molecule is O=C(O)N1CCN(c2nccc3sc(S(=O)(=O)NCCc4cccs4)cc23)CC1. The normalized spacial score (nSPS) is 15.2. The smallest absolute Gasteiger partial charge is 0.407 e. The molecule has 1 aliphatic heterocycles. The molecule has 3 aromatic rings. The van der Waals surface area contributed by atoms with Crippen LogP contribution in [-0.2, 0) is 16.4 Å². The summed E-state index contributed by atoms with van der Waals surface area (Å²) in [6, 6.07) is 7.41. The van der Waals surface area contributed by atoms with E-state index in [4.69, 9.17) is 5.11 Å². The van der Waals surface area contributed by atoms with Gasteiger partial charge in [-0.3, -0.25) is 0 Å².